The Labute approximate surface area is 83.6 Å². The lowest BCUT2D eigenvalue weighted by Gasteiger charge is -1.96. The summed E-state index contributed by atoms with van der Waals surface area (Å²) in [4.78, 5) is 0. The molecule has 0 saturated carbocycles. The minimum absolute atomic E-state index is 1.22. The number of rotatable bonds is 7. The van der Waals surface area contributed by atoms with Gasteiger partial charge in [-0.25, -0.2) is 0 Å². The van der Waals surface area contributed by atoms with E-state index >= 15 is 0 Å². The molecule has 0 aromatic heterocycles. The van der Waals surface area contributed by atoms with E-state index in [1.54, 1.807) is 0 Å². The van der Waals surface area contributed by atoms with Gasteiger partial charge in [0.25, 0.3) is 0 Å². The average molecular weight is 232 g/mol. The molecule has 0 aromatic rings. The fraction of sp³-hybridized carbons (Fsp3) is 1.00. The highest BCUT2D eigenvalue weighted by atomic mass is 33.1. The Hall–Kier alpha value is 1.75. The van der Waals surface area contributed by atoms with E-state index in [9.17, 15) is 0 Å². The highest BCUT2D eigenvalue weighted by Gasteiger charge is 1.88. The fourth-order valence-electron chi connectivity index (χ4n) is 0.268. The molecule has 0 amide bonds. The normalized spacial score (nSPS) is 10.2. The van der Waals surface area contributed by atoms with Crippen LogP contribution in [0.3, 0.4) is 0 Å². The summed E-state index contributed by atoms with van der Waals surface area (Å²) in [5, 5.41) is 2.45. The zero-order valence-electron chi connectivity index (χ0n) is 6.16. The van der Waals surface area contributed by atoms with Crippen molar-refractivity contribution in [2.75, 3.05) is 22.2 Å². The Kier molecular flexibility index (Phi) is 12.6. The van der Waals surface area contributed by atoms with Crippen LogP contribution in [0.25, 0.3) is 0 Å². The lowest BCUT2D eigenvalue weighted by Crippen LogP contribution is -1.68. The maximum absolute atomic E-state index is 2.19. The van der Waals surface area contributed by atoms with Crippen molar-refractivity contribution < 1.29 is 0 Å². The molecule has 0 aromatic carbocycles. The first-order valence-corrected chi connectivity index (χ1v) is 9.26. The molecular weight excluding hydrogens is 220 g/mol. The molecule has 0 bridgehead atoms. The molecule has 0 aliphatic heterocycles. The van der Waals surface area contributed by atoms with Gasteiger partial charge in [0.05, 0.1) is 10.2 Å². The third-order valence-corrected chi connectivity index (χ3v) is 6.97. The van der Waals surface area contributed by atoms with Gasteiger partial charge >= 0.3 is 0 Å². The number of hydrogen-bond acceptors (Lipinski definition) is 5. The molecule has 5 heteroatoms. The second-order valence-electron chi connectivity index (χ2n) is 1.25. The SMILES string of the molecule is CCSSCSCSSC. The van der Waals surface area contributed by atoms with Crippen LogP contribution in [0.4, 0.5) is 0 Å². The lowest BCUT2D eigenvalue weighted by atomic mass is 11.0. The molecule has 0 fully saturated rings. The smallest absolute Gasteiger partial charge is 0.0504 e. The predicted molar refractivity (Wildman–Crippen MR) is 64.2 cm³/mol. The summed E-state index contributed by atoms with van der Waals surface area (Å²) in [5.41, 5.74) is 0. The zero-order chi connectivity index (χ0) is 7.66. The van der Waals surface area contributed by atoms with Gasteiger partial charge in [0.2, 0.25) is 0 Å². The third kappa shape index (κ3) is 9.75. The van der Waals surface area contributed by atoms with Gasteiger partial charge in [-0.2, -0.15) is 0 Å². The average Bonchev–Trinajstić information content (AvgIpc) is 1.97. The highest BCUT2D eigenvalue weighted by molar-refractivity contribution is 8.79. The summed E-state index contributed by atoms with van der Waals surface area (Å²) >= 11 is 2.00. The van der Waals surface area contributed by atoms with Crippen LogP contribution in [0.2, 0.25) is 0 Å². The Morgan fingerprint density at radius 1 is 1.00 bits per heavy atom. The van der Waals surface area contributed by atoms with E-state index < -0.39 is 0 Å². The van der Waals surface area contributed by atoms with Crippen LogP contribution in [0.15, 0.2) is 0 Å². The largest absolute Gasteiger partial charge is 0.138 e. The van der Waals surface area contributed by atoms with Crippen LogP contribution in [0.1, 0.15) is 6.92 Å². The van der Waals surface area contributed by atoms with Gasteiger partial charge in [0.1, 0.15) is 0 Å². The topological polar surface area (TPSA) is 0 Å². The van der Waals surface area contributed by atoms with Crippen molar-refractivity contribution in [1.82, 2.24) is 0 Å². The van der Waals surface area contributed by atoms with Crippen molar-refractivity contribution in [2.24, 2.45) is 0 Å². The molecule has 0 rings (SSSR count). The molecule has 0 saturated heterocycles. The van der Waals surface area contributed by atoms with E-state index in [-0.39, 0.29) is 0 Å². The molecule has 0 aliphatic carbocycles. The maximum atomic E-state index is 2.19. The monoisotopic (exact) mass is 232 g/mol. The second-order valence-corrected chi connectivity index (χ2v) is 8.28. The Balaban J connectivity index is 2.65. The van der Waals surface area contributed by atoms with Crippen LogP contribution in [0, 0.1) is 0 Å². The van der Waals surface area contributed by atoms with Crippen LogP contribution in [-0.2, 0) is 0 Å². The standard InChI is InChI=1S/C5H12S5/c1-3-8-10-5-7-4-9-6-2/h3-5H2,1-2H3. The summed E-state index contributed by atoms with van der Waals surface area (Å²) in [5.74, 6) is 1.22. The Morgan fingerprint density at radius 3 is 2.30 bits per heavy atom. The van der Waals surface area contributed by atoms with Crippen LogP contribution in [-0.4, -0.2) is 22.2 Å². The van der Waals surface area contributed by atoms with Gasteiger partial charge in [-0.05, 0) is 6.26 Å². The first kappa shape index (κ1) is 11.8. The van der Waals surface area contributed by atoms with Gasteiger partial charge < -0.3 is 0 Å². The van der Waals surface area contributed by atoms with Crippen molar-refractivity contribution in [3.63, 3.8) is 0 Å². The quantitative estimate of drug-likeness (QED) is 0.368. The summed E-state index contributed by atoms with van der Waals surface area (Å²) in [7, 11) is 7.68. The minimum atomic E-state index is 1.22. The third-order valence-electron chi connectivity index (χ3n) is 0.582. The van der Waals surface area contributed by atoms with Gasteiger partial charge in [0, 0.05) is 5.75 Å². The number of thioether (sulfide) groups is 1. The van der Waals surface area contributed by atoms with Crippen LogP contribution < -0.4 is 0 Å². The van der Waals surface area contributed by atoms with Gasteiger partial charge in [-0.15, -0.1) is 11.8 Å². The second kappa shape index (κ2) is 10.8. The lowest BCUT2D eigenvalue weighted by molar-refractivity contribution is 1.54. The summed E-state index contributed by atoms with van der Waals surface area (Å²) in [6.45, 7) is 2.19. The summed E-state index contributed by atoms with van der Waals surface area (Å²) in [6.07, 6.45) is 2.12. The van der Waals surface area contributed by atoms with E-state index in [1.165, 1.54) is 15.9 Å². The highest BCUT2D eigenvalue weighted by Crippen LogP contribution is 2.29. The van der Waals surface area contributed by atoms with Crippen LogP contribution >= 0.6 is 54.9 Å². The van der Waals surface area contributed by atoms with Gasteiger partial charge in [0.15, 0.2) is 0 Å². The first-order chi connectivity index (χ1) is 4.91. The molecule has 0 nitrogen and oxygen atoms in total. The molecule has 0 spiro atoms. The van der Waals surface area contributed by atoms with Crippen molar-refractivity contribution >= 4 is 54.9 Å². The molecular formula is C5H12S5. The van der Waals surface area contributed by atoms with E-state index in [1.807, 2.05) is 54.9 Å². The maximum Gasteiger partial charge on any atom is 0.0504 e. The summed E-state index contributed by atoms with van der Waals surface area (Å²) in [6, 6.07) is 0. The van der Waals surface area contributed by atoms with Crippen molar-refractivity contribution in [2.45, 2.75) is 6.92 Å². The zero-order valence-corrected chi connectivity index (χ0v) is 10.2. The van der Waals surface area contributed by atoms with Gasteiger partial charge in [-0.1, -0.05) is 50.1 Å². The fourth-order valence-corrected chi connectivity index (χ4v) is 5.72. The molecule has 62 valence electrons. The van der Waals surface area contributed by atoms with E-state index in [2.05, 4.69) is 13.2 Å². The summed E-state index contributed by atoms with van der Waals surface area (Å²) < 4.78 is 0. The molecule has 0 heterocycles. The van der Waals surface area contributed by atoms with E-state index in [0.717, 1.165) is 0 Å². The van der Waals surface area contributed by atoms with Crippen molar-refractivity contribution in [1.29, 1.82) is 0 Å². The predicted octanol–water partition coefficient (Wildman–Crippen LogP) is 4.05. The molecule has 0 unspecified atom stereocenters. The molecule has 0 atom stereocenters. The molecule has 0 N–H and O–H groups in total. The van der Waals surface area contributed by atoms with E-state index in [4.69, 9.17) is 0 Å². The van der Waals surface area contributed by atoms with Crippen LogP contribution in [0.5, 0.6) is 0 Å². The van der Waals surface area contributed by atoms with Crippen molar-refractivity contribution in [3.05, 3.63) is 0 Å². The minimum Gasteiger partial charge on any atom is -0.138 e. The Bertz CT molecular complexity index is 50.0. The van der Waals surface area contributed by atoms with Gasteiger partial charge in [-0.3, -0.25) is 0 Å². The molecule has 0 radical (unpaired) electrons. The Morgan fingerprint density at radius 2 is 1.70 bits per heavy atom. The molecule has 10 heavy (non-hydrogen) atoms. The van der Waals surface area contributed by atoms with E-state index in [0.29, 0.717) is 0 Å². The first-order valence-electron chi connectivity index (χ1n) is 2.89. The number of hydrogen-bond donors (Lipinski definition) is 0. The van der Waals surface area contributed by atoms with Crippen molar-refractivity contribution in [3.8, 4) is 0 Å². The molecule has 0 aliphatic rings.